The molecule has 0 fully saturated rings. The van der Waals surface area contributed by atoms with Crippen molar-refractivity contribution in [1.29, 1.82) is 0 Å². The van der Waals surface area contributed by atoms with Gasteiger partial charge in [0, 0.05) is 10.4 Å². The van der Waals surface area contributed by atoms with Gasteiger partial charge in [-0.25, -0.2) is 9.97 Å². The number of ether oxygens (including phenoxy) is 1. The molecule has 0 bridgehead atoms. The highest BCUT2D eigenvalue weighted by atomic mass is 32.1. The fourth-order valence-electron chi connectivity index (χ4n) is 2.98. The Hall–Kier alpha value is -3.65. The zero-order valence-corrected chi connectivity index (χ0v) is 16.6. The summed E-state index contributed by atoms with van der Waals surface area (Å²) >= 11 is 1.49. The highest BCUT2D eigenvalue weighted by Crippen LogP contribution is 2.42. The first-order chi connectivity index (χ1) is 14.1. The number of hydrogen-bond donors (Lipinski definition) is 3. The van der Waals surface area contributed by atoms with Gasteiger partial charge in [-0.05, 0) is 48.4 Å². The molecule has 0 saturated heterocycles. The summed E-state index contributed by atoms with van der Waals surface area (Å²) in [6.07, 6.45) is 3.06. The molecule has 8 heteroatoms. The number of nitrogens with one attached hydrogen (secondary N) is 1. The quantitative estimate of drug-likeness (QED) is 0.333. The van der Waals surface area contributed by atoms with Gasteiger partial charge in [0.2, 0.25) is 0 Å². The predicted octanol–water partition coefficient (Wildman–Crippen LogP) is 4.53. The smallest absolute Gasteiger partial charge is 0.167 e. The monoisotopic (exact) mass is 406 g/mol. The molecule has 7 nitrogen and oxygen atoms in total. The molecule has 0 spiro atoms. The standard InChI is InChI=1S/C21H18N4O3S/c1-12-18-20(29-19(12)14-5-3-4-6-15(14)26)21(23-11-22-18)25-24-10-13-7-8-17(28-2)16(27)9-13/h3-11,26-27H,1-2H3,(H,22,23,25). The Morgan fingerprint density at radius 3 is 2.69 bits per heavy atom. The van der Waals surface area contributed by atoms with E-state index in [1.165, 1.54) is 24.8 Å². The average molecular weight is 406 g/mol. The van der Waals surface area contributed by atoms with Crippen LogP contribution < -0.4 is 10.2 Å². The number of aromatic nitrogens is 2. The van der Waals surface area contributed by atoms with Crippen LogP contribution in [0.1, 0.15) is 11.1 Å². The maximum atomic E-state index is 10.2. The average Bonchev–Trinajstić information content (AvgIpc) is 3.06. The molecule has 0 unspecified atom stereocenters. The molecule has 2 heterocycles. The SMILES string of the molecule is COc1ccc(C=NNc2ncnc3c(C)c(-c4ccccc4O)sc23)cc1O. The number of phenols is 2. The number of para-hydroxylation sites is 1. The minimum atomic E-state index is 0.0436. The zero-order chi connectivity index (χ0) is 20.4. The van der Waals surface area contributed by atoms with Crippen molar-refractivity contribution in [2.75, 3.05) is 12.5 Å². The number of hydrogen-bond acceptors (Lipinski definition) is 8. The van der Waals surface area contributed by atoms with E-state index < -0.39 is 0 Å². The fourth-order valence-corrected chi connectivity index (χ4v) is 4.22. The first kappa shape index (κ1) is 18.7. The van der Waals surface area contributed by atoms with Crippen molar-refractivity contribution in [3.8, 4) is 27.7 Å². The Bertz CT molecular complexity index is 1220. The van der Waals surface area contributed by atoms with Crippen molar-refractivity contribution < 1.29 is 14.9 Å². The summed E-state index contributed by atoms with van der Waals surface area (Å²) in [5, 5.41) is 24.3. The van der Waals surface area contributed by atoms with Gasteiger partial charge in [0.25, 0.3) is 0 Å². The molecule has 0 aliphatic rings. The predicted molar refractivity (Wildman–Crippen MR) is 115 cm³/mol. The summed E-state index contributed by atoms with van der Waals surface area (Å²) in [5.74, 6) is 1.24. The molecule has 0 radical (unpaired) electrons. The number of phenolic OH excluding ortho intramolecular Hbond substituents is 2. The van der Waals surface area contributed by atoms with Gasteiger partial charge in [-0.3, -0.25) is 5.43 Å². The largest absolute Gasteiger partial charge is 0.507 e. The minimum Gasteiger partial charge on any atom is -0.507 e. The molecular formula is C21H18N4O3S. The Morgan fingerprint density at radius 2 is 1.93 bits per heavy atom. The van der Waals surface area contributed by atoms with E-state index in [4.69, 9.17) is 4.74 Å². The molecule has 3 N–H and O–H groups in total. The van der Waals surface area contributed by atoms with Gasteiger partial charge >= 0.3 is 0 Å². The highest BCUT2D eigenvalue weighted by Gasteiger charge is 2.16. The van der Waals surface area contributed by atoms with Crippen molar-refractivity contribution in [3.63, 3.8) is 0 Å². The van der Waals surface area contributed by atoms with Crippen LogP contribution in [0.2, 0.25) is 0 Å². The fraction of sp³-hybridized carbons (Fsp3) is 0.0952. The van der Waals surface area contributed by atoms with Gasteiger partial charge in [-0.1, -0.05) is 12.1 Å². The van der Waals surface area contributed by atoms with Gasteiger partial charge in [0.1, 0.15) is 12.1 Å². The Kier molecular flexibility index (Phi) is 5.01. The van der Waals surface area contributed by atoms with Crippen LogP contribution in [-0.4, -0.2) is 33.5 Å². The molecule has 0 saturated carbocycles. The molecule has 0 atom stereocenters. The van der Waals surface area contributed by atoms with Crippen LogP contribution in [0.15, 0.2) is 53.9 Å². The number of fused-ring (bicyclic) bond motifs is 1. The molecule has 146 valence electrons. The lowest BCUT2D eigenvalue weighted by Gasteiger charge is -2.03. The maximum absolute atomic E-state index is 10.2. The van der Waals surface area contributed by atoms with E-state index in [9.17, 15) is 10.2 Å². The summed E-state index contributed by atoms with van der Waals surface area (Å²) in [5.41, 5.74) is 6.19. The van der Waals surface area contributed by atoms with Crippen molar-refractivity contribution in [3.05, 3.63) is 59.9 Å². The van der Waals surface area contributed by atoms with E-state index in [2.05, 4.69) is 20.5 Å². The number of aryl methyl sites for hydroxylation is 1. The third-order valence-corrected chi connectivity index (χ3v) is 5.76. The molecule has 0 aliphatic heterocycles. The molecule has 4 aromatic rings. The number of aromatic hydroxyl groups is 2. The molecule has 4 rings (SSSR count). The van der Waals surface area contributed by atoms with Gasteiger partial charge < -0.3 is 14.9 Å². The molecule has 29 heavy (non-hydrogen) atoms. The van der Waals surface area contributed by atoms with Crippen LogP contribution in [0.3, 0.4) is 0 Å². The second kappa shape index (κ2) is 7.76. The van der Waals surface area contributed by atoms with Crippen molar-refractivity contribution >= 4 is 33.6 Å². The van der Waals surface area contributed by atoms with E-state index in [1.807, 2.05) is 19.1 Å². The lowest BCUT2D eigenvalue weighted by molar-refractivity contribution is 0.373. The molecule has 2 aromatic heterocycles. The molecule has 0 aliphatic carbocycles. The number of methoxy groups -OCH3 is 1. The highest BCUT2D eigenvalue weighted by molar-refractivity contribution is 7.23. The second-order valence-corrected chi connectivity index (χ2v) is 7.30. The van der Waals surface area contributed by atoms with Crippen LogP contribution >= 0.6 is 11.3 Å². The molecule has 0 amide bonds. The third-order valence-electron chi connectivity index (χ3n) is 4.44. The zero-order valence-electron chi connectivity index (χ0n) is 15.7. The van der Waals surface area contributed by atoms with E-state index in [1.54, 1.807) is 36.5 Å². The number of hydrazone groups is 1. The van der Waals surface area contributed by atoms with Crippen LogP contribution in [0.5, 0.6) is 17.2 Å². The number of benzene rings is 2. The lowest BCUT2D eigenvalue weighted by atomic mass is 10.1. The van der Waals surface area contributed by atoms with E-state index in [0.717, 1.165) is 26.2 Å². The van der Waals surface area contributed by atoms with Crippen LogP contribution in [0.4, 0.5) is 5.82 Å². The Labute approximate surface area is 171 Å². The number of nitrogens with zero attached hydrogens (tertiary/aromatic N) is 3. The summed E-state index contributed by atoms with van der Waals surface area (Å²) in [7, 11) is 1.50. The number of thiophene rings is 1. The number of rotatable bonds is 5. The minimum absolute atomic E-state index is 0.0436. The van der Waals surface area contributed by atoms with Crippen LogP contribution in [0, 0.1) is 6.92 Å². The Balaban J connectivity index is 1.66. The summed E-state index contributed by atoms with van der Waals surface area (Å²) < 4.78 is 5.88. The molecular weight excluding hydrogens is 388 g/mol. The normalized spacial score (nSPS) is 11.2. The van der Waals surface area contributed by atoms with Gasteiger partial charge in [-0.2, -0.15) is 5.10 Å². The first-order valence-corrected chi connectivity index (χ1v) is 9.58. The summed E-state index contributed by atoms with van der Waals surface area (Å²) in [4.78, 5) is 9.62. The second-order valence-electron chi connectivity index (χ2n) is 6.27. The summed E-state index contributed by atoms with van der Waals surface area (Å²) in [6, 6.07) is 12.2. The number of anilines is 1. The van der Waals surface area contributed by atoms with Crippen LogP contribution in [-0.2, 0) is 0 Å². The van der Waals surface area contributed by atoms with E-state index in [0.29, 0.717) is 17.1 Å². The molecule has 2 aromatic carbocycles. The van der Waals surface area contributed by atoms with Crippen molar-refractivity contribution in [2.45, 2.75) is 6.92 Å². The van der Waals surface area contributed by atoms with Crippen molar-refractivity contribution in [1.82, 2.24) is 9.97 Å². The lowest BCUT2D eigenvalue weighted by Crippen LogP contribution is -1.95. The maximum Gasteiger partial charge on any atom is 0.167 e. The van der Waals surface area contributed by atoms with Gasteiger partial charge in [0.05, 0.1) is 23.5 Å². The first-order valence-electron chi connectivity index (χ1n) is 8.77. The van der Waals surface area contributed by atoms with Gasteiger partial charge in [0.15, 0.2) is 17.3 Å². The van der Waals surface area contributed by atoms with E-state index >= 15 is 0 Å². The third kappa shape index (κ3) is 3.57. The van der Waals surface area contributed by atoms with E-state index in [-0.39, 0.29) is 11.5 Å². The van der Waals surface area contributed by atoms with Crippen molar-refractivity contribution in [2.24, 2.45) is 5.10 Å². The summed E-state index contributed by atoms with van der Waals surface area (Å²) in [6.45, 7) is 1.97. The van der Waals surface area contributed by atoms with Gasteiger partial charge in [-0.15, -0.1) is 11.3 Å². The van der Waals surface area contributed by atoms with Crippen LogP contribution in [0.25, 0.3) is 20.7 Å². The topological polar surface area (TPSA) is 99.9 Å². The Morgan fingerprint density at radius 1 is 1.10 bits per heavy atom.